The number of anilines is 1. The van der Waals surface area contributed by atoms with Crippen molar-refractivity contribution in [2.45, 2.75) is 31.9 Å². The summed E-state index contributed by atoms with van der Waals surface area (Å²) in [7, 11) is 3.39. The van der Waals surface area contributed by atoms with Gasteiger partial charge in [0.1, 0.15) is 5.82 Å². The molecule has 19 heavy (non-hydrogen) atoms. The zero-order valence-corrected chi connectivity index (χ0v) is 11.6. The first-order valence-electron chi connectivity index (χ1n) is 6.50. The number of ether oxygens (including phenoxy) is 1. The number of carbonyl (C=O) groups is 1. The highest BCUT2D eigenvalue weighted by atomic mass is 16.5. The van der Waals surface area contributed by atoms with Crippen LogP contribution in [0.2, 0.25) is 0 Å². The van der Waals surface area contributed by atoms with E-state index in [-0.39, 0.29) is 12.0 Å². The van der Waals surface area contributed by atoms with Gasteiger partial charge in [-0.1, -0.05) is 0 Å². The van der Waals surface area contributed by atoms with Gasteiger partial charge in [0.05, 0.1) is 6.10 Å². The molecule has 1 saturated heterocycles. The highest BCUT2D eigenvalue weighted by Gasteiger charge is 2.19. The van der Waals surface area contributed by atoms with Crippen LogP contribution in [0.25, 0.3) is 0 Å². The Hall–Kier alpha value is -1.69. The van der Waals surface area contributed by atoms with E-state index < -0.39 is 0 Å². The molecule has 0 saturated carbocycles. The summed E-state index contributed by atoms with van der Waals surface area (Å²) in [5, 5.41) is 11.3. The van der Waals surface area contributed by atoms with Gasteiger partial charge in [-0.25, -0.2) is 0 Å². The highest BCUT2D eigenvalue weighted by molar-refractivity contribution is 5.91. The van der Waals surface area contributed by atoms with Crippen LogP contribution >= 0.6 is 0 Å². The lowest BCUT2D eigenvalue weighted by Crippen LogP contribution is -2.33. The molecule has 2 heterocycles. The minimum absolute atomic E-state index is 0.140. The monoisotopic (exact) mass is 264 g/mol. The van der Waals surface area contributed by atoms with Crippen LogP contribution in [0, 0.1) is 0 Å². The molecule has 1 N–H and O–H groups in total. The maximum Gasteiger partial charge on any atom is 0.273 e. The minimum atomic E-state index is -0.140. The normalized spacial score (nSPS) is 22.9. The predicted octanol–water partition coefficient (Wildman–Crippen LogP) is 1.16. The lowest BCUT2D eigenvalue weighted by atomic mass is 10.0. The first-order valence-corrected chi connectivity index (χ1v) is 6.50. The molecule has 0 aliphatic carbocycles. The van der Waals surface area contributed by atoms with Gasteiger partial charge in [0, 0.05) is 26.7 Å². The number of nitrogens with one attached hydrogen (secondary N) is 1. The van der Waals surface area contributed by atoms with E-state index in [1.165, 1.54) is 4.90 Å². The van der Waals surface area contributed by atoms with Crippen molar-refractivity contribution in [3.63, 3.8) is 0 Å². The molecule has 1 aliphatic heterocycles. The van der Waals surface area contributed by atoms with Crippen molar-refractivity contribution in [1.82, 2.24) is 15.1 Å². The number of hydrogen-bond donors (Lipinski definition) is 1. The molecule has 2 atom stereocenters. The number of hydrogen-bond acceptors (Lipinski definition) is 5. The third-order valence-corrected chi connectivity index (χ3v) is 3.13. The van der Waals surface area contributed by atoms with Gasteiger partial charge in [0.2, 0.25) is 0 Å². The molecule has 0 spiro atoms. The summed E-state index contributed by atoms with van der Waals surface area (Å²) in [6.07, 6.45) is 2.19. The molecule has 2 unspecified atom stereocenters. The standard InChI is InChI=1S/C13H20N4O2/c1-9-8-10(6-7-19-9)14-12-5-4-11(15-16-12)13(18)17(2)3/h4-5,9-10H,6-8H2,1-3H3,(H,14,16). The lowest BCUT2D eigenvalue weighted by molar-refractivity contribution is 0.0231. The third kappa shape index (κ3) is 3.64. The van der Waals surface area contributed by atoms with Gasteiger partial charge in [-0.15, -0.1) is 10.2 Å². The Morgan fingerprint density at radius 1 is 1.42 bits per heavy atom. The van der Waals surface area contributed by atoms with Gasteiger partial charge in [0.15, 0.2) is 5.69 Å². The van der Waals surface area contributed by atoms with Crippen LogP contribution in [-0.4, -0.2) is 53.9 Å². The Bertz CT molecular complexity index is 433. The Morgan fingerprint density at radius 2 is 2.21 bits per heavy atom. The van der Waals surface area contributed by atoms with Crippen molar-refractivity contribution in [3.05, 3.63) is 17.8 Å². The van der Waals surface area contributed by atoms with Gasteiger partial charge in [0.25, 0.3) is 5.91 Å². The molecular weight excluding hydrogens is 244 g/mol. The second-order valence-electron chi connectivity index (χ2n) is 5.05. The van der Waals surface area contributed by atoms with Crippen LogP contribution < -0.4 is 5.32 Å². The lowest BCUT2D eigenvalue weighted by Gasteiger charge is -2.28. The van der Waals surface area contributed by atoms with E-state index in [9.17, 15) is 4.79 Å². The molecule has 0 aromatic carbocycles. The van der Waals surface area contributed by atoms with E-state index in [1.54, 1.807) is 26.2 Å². The largest absolute Gasteiger partial charge is 0.378 e. The predicted molar refractivity (Wildman–Crippen MR) is 72.1 cm³/mol. The summed E-state index contributed by atoms with van der Waals surface area (Å²) in [4.78, 5) is 13.2. The first kappa shape index (κ1) is 13.7. The van der Waals surface area contributed by atoms with Gasteiger partial charge in [-0.2, -0.15) is 0 Å². The number of nitrogens with zero attached hydrogens (tertiary/aromatic N) is 3. The Labute approximate surface area is 113 Å². The first-order chi connectivity index (χ1) is 9.06. The molecule has 0 bridgehead atoms. The van der Waals surface area contributed by atoms with Gasteiger partial charge >= 0.3 is 0 Å². The summed E-state index contributed by atoms with van der Waals surface area (Å²) in [6.45, 7) is 2.84. The van der Waals surface area contributed by atoms with Crippen LogP contribution in [-0.2, 0) is 4.74 Å². The van der Waals surface area contributed by atoms with E-state index in [4.69, 9.17) is 4.74 Å². The average molecular weight is 264 g/mol. The topological polar surface area (TPSA) is 67.4 Å². The Kier molecular flexibility index (Phi) is 4.31. The van der Waals surface area contributed by atoms with E-state index in [0.29, 0.717) is 17.6 Å². The SMILES string of the molecule is CC1CC(Nc2ccc(C(=O)N(C)C)nn2)CCO1. The molecule has 1 fully saturated rings. The van der Waals surface area contributed by atoms with Crippen molar-refractivity contribution in [3.8, 4) is 0 Å². The van der Waals surface area contributed by atoms with Crippen molar-refractivity contribution in [1.29, 1.82) is 0 Å². The zero-order chi connectivity index (χ0) is 13.8. The maximum atomic E-state index is 11.7. The molecule has 1 aromatic rings. The van der Waals surface area contributed by atoms with Crippen molar-refractivity contribution < 1.29 is 9.53 Å². The fourth-order valence-electron chi connectivity index (χ4n) is 2.09. The molecule has 1 aliphatic rings. The van der Waals surface area contributed by atoms with Crippen molar-refractivity contribution >= 4 is 11.7 Å². The van der Waals surface area contributed by atoms with E-state index in [2.05, 4.69) is 22.4 Å². The van der Waals surface area contributed by atoms with E-state index in [0.717, 1.165) is 19.4 Å². The summed E-state index contributed by atoms with van der Waals surface area (Å²) in [5.41, 5.74) is 0.357. The molecule has 6 nitrogen and oxygen atoms in total. The fraction of sp³-hybridized carbons (Fsp3) is 0.615. The Balaban J connectivity index is 1.97. The van der Waals surface area contributed by atoms with E-state index >= 15 is 0 Å². The summed E-state index contributed by atoms with van der Waals surface area (Å²) in [5.74, 6) is 0.563. The molecular formula is C13H20N4O2. The van der Waals surface area contributed by atoms with Crippen LogP contribution in [0.5, 0.6) is 0 Å². The zero-order valence-electron chi connectivity index (χ0n) is 11.6. The van der Waals surface area contributed by atoms with Crippen LogP contribution in [0.1, 0.15) is 30.3 Å². The maximum absolute atomic E-state index is 11.7. The molecule has 1 amide bonds. The number of carbonyl (C=O) groups excluding carboxylic acids is 1. The smallest absolute Gasteiger partial charge is 0.273 e. The van der Waals surface area contributed by atoms with Crippen LogP contribution in [0.3, 0.4) is 0 Å². The second-order valence-corrected chi connectivity index (χ2v) is 5.05. The van der Waals surface area contributed by atoms with E-state index in [1.807, 2.05) is 0 Å². The second kappa shape index (κ2) is 5.97. The molecule has 2 rings (SSSR count). The molecule has 6 heteroatoms. The van der Waals surface area contributed by atoms with Gasteiger partial charge in [-0.3, -0.25) is 4.79 Å². The highest BCUT2D eigenvalue weighted by Crippen LogP contribution is 2.17. The number of amides is 1. The Morgan fingerprint density at radius 3 is 2.79 bits per heavy atom. The average Bonchev–Trinajstić information content (AvgIpc) is 2.39. The van der Waals surface area contributed by atoms with Crippen molar-refractivity contribution in [2.24, 2.45) is 0 Å². The van der Waals surface area contributed by atoms with Gasteiger partial charge in [-0.05, 0) is 31.9 Å². The number of rotatable bonds is 3. The summed E-state index contributed by atoms with van der Waals surface area (Å²) in [6, 6.07) is 3.85. The summed E-state index contributed by atoms with van der Waals surface area (Å²) >= 11 is 0. The van der Waals surface area contributed by atoms with Crippen LogP contribution in [0.4, 0.5) is 5.82 Å². The molecule has 1 aromatic heterocycles. The summed E-state index contributed by atoms with van der Waals surface area (Å²) < 4.78 is 5.50. The van der Waals surface area contributed by atoms with Gasteiger partial charge < -0.3 is 15.0 Å². The van der Waals surface area contributed by atoms with Crippen LogP contribution in [0.15, 0.2) is 12.1 Å². The third-order valence-electron chi connectivity index (χ3n) is 3.13. The number of aromatic nitrogens is 2. The fourth-order valence-corrected chi connectivity index (χ4v) is 2.09. The van der Waals surface area contributed by atoms with Crippen molar-refractivity contribution in [2.75, 3.05) is 26.0 Å². The molecule has 104 valence electrons. The quantitative estimate of drug-likeness (QED) is 0.887. The molecule has 0 radical (unpaired) electrons. The minimum Gasteiger partial charge on any atom is -0.378 e.